The zero-order chi connectivity index (χ0) is 19.3. The van der Waals surface area contributed by atoms with Crippen molar-refractivity contribution in [3.05, 3.63) is 53.6 Å². The summed E-state index contributed by atoms with van der Waals surface area (Å²) in [6.07, 6.45) is 0. The van der Waals surface area contributed by atoms with Crippen LogP contribution in [0.3, 0.4) is 0 Å². The van der Waals surface area contributed by atoms with Gasteiger partial charge in [-0.2, -0.15) is 0 Å². The molecule has 0 radical (unpaired) electrons. The molecule has 5 heteroatoms. The summed E-state index contributed by atoms with van der Waals surface area (Å²) in [5.74, 6) is 0.402. The molecule has 0 fully saturated rings. The molecule has 2 rings (SSSR count). The summed E-state index contributed by atoms with van der Waals surface area (Å²) < 4.78 is 10.8. The number of nitrogens with one attached hydrogen (secondary N) is 1. The second kappa shape index (κ2) is 8.04. The van der Waals surface area contributed by atoms with Gasteiger partial charge in [0, 0.05) is 17.2 Å². The van der Waals surface area contributed by atoms with E-state index in [0.717, 1.165) is 11.1 Å². The van der Waals surface area contributed by atoms with Crippen LogP contribution in [-0.4, -0.2) is 18.5 Å². The van der Waals surface area contributed by atoms with Gasteiger partial charge >= 0.3 is 5.97 Å². The van der Waals surface area contributed by atoms with Crippen molar-refractivity contribution >= 4 is 17.6 Å². The van der Waals surface area contributed by atoms with Gasteiger partial charge in [0.1, 0.15) is 11.5 Å². The Hall–Kier alpha value is -2.82. The summed E-state index contributed by atoms with van der Waals surface area (Å²) in [5, 5.41) is 2.83. The third-order valence-corrected chi connectivity index (χ3v) is 3.56. The Labute approximate surface area is 154 Å². The van der Waals surface area contributed by atoms with Gasteiger partial charge in [0.15, 0.2) is 6.61 Å². The van der Waals surface area contributed by atoms with Crippen molar-refractivity contribution in [2.45, 2.75) is 34.6 Å². The van der Waals surface area contributed by atoms with Crippen molar-refractivity contribution in [2.24, 2.45) is 5.41 Å². The number of carbonyl (C=O) groups is 2. The van der Waals surface area contributed by atoms with Crippen molar-refractivity contribution in [1.82, 2.24) is 0 Å². The number of ether oxygens (including phenoxy) is 2. The summed E-state index contributed by atoms with van der Waals surface area (Å²) in [5.41, 5.74) is 2.17. The maximum atomic E-state index is 12.0. The highest BCUT2D eigenvalue weighted by molar-refractivity contribution is 5.94. The molecule has 0 aliphatic heterocycles. The van der Waals surface area contributed by atoms with Gasteiger partial charge < -0.3 is 14.8 Å². The van der Waals surface area contributed by atoms with Crippen LogP contribution < -0.4 is 14.8 Å². The molecule has 0 saturated carbocycles. The highest BCUT2D eigenvalue weighted by Gasteiger charge is 2.21. The van der Waals surface area contributed by atoms with Crippen LogP contribution in [0.15, 0.2) is 42.5 Å². The molecule has 0 unspecified atom stereocenters. The first-order chi connectivity index (χ1) is 12.1. The lowest BCUT2D eigenvalue weighted by Crippen LogP contribution is -2.27. The smallest absolute Gasteiger partial charge is 0.349 e. The molecule has 2 aromatic carbocycles. The number of esters is 1. The number of benzene rings is 2. The number of rotatable bonds is 5. The lowest BCUT2D eigenvalue weighted by molar-refractivity contribution is -0.136. The summed E-state index contributed by atoms with van der Waals surface area (Å²) in [6, 6.07) is 12.5. The number of amides is 1. The Balaban J connectivity index is 1.93. The van der Waals surface area contributed by atoms with Gasteiger partial charge in [0.25, 0.3) is 0 Å². The van der Waals surface area contributed by atoms with E-state index in [0.29, 0.717) is 17.2 Å². The lowest BCUT2D eigenvalue weighted by atomic mass is 9.95. The van der Waals surface area contributed by atoms with Crippen LogP contribution in [0.5, 0.6) is 11.5 Å². The molecule has 138 valence electrons. The number of carbonyl (C=O) groups excluding carboxylic acids is 2. The third kappa shape index (κ3) is 5.92. The third-order valence-electron chi connectivity index (χ3n) is 3.56. The minimum atomic E-state index is -0.493. The first-order valence-corrected chi connectivity index (χ1v) is 8.47. The predicted octanol–water partition coefficient (Wildman–Crippen LogP) is 4.27. The van der Waals surface area contributed by atoms with Crippen LogP contribution in [0.2, 0.25) is 0 Å². The molecular weight excluding hydrogens is 330 g/mol. The zero-order valence-electron chi connectivity index (χ0n) is 15.9. The normalized spacial score (nSPS) is 11.0. The van der Waals surface area contributed by atoms with Gasteiger partial charge in [-0.3, -0.25) is 4.79 Å². The summed E-state index contributed by atoms with van der Waals surface area (Å²) >= 11 is 0. The Bertz CT molecular complexity index is 786. The van der Waals surface area contributed by atoms with Gasteiger partial charge in [0.2, 0.25) is 5.91 Å². The number of anilines is 1. The van der Waals surface area contributed by atoms with Crippen molar-refractivity contribution in [2.75, 3.05) is 11.9 Å². The molecule has 0 aliphatic rings. The van der Waals surface area contributed by atoms with Gasteiger partial charge in [-0.05, 0) is 49.2 Å². The van der Waals surface area contributed by atoms with E-state index in [4.69, 9.17) is 9.47 Å². The van der Waals surface area contributed by atoms with Crippen LogP contribution in [-0.2, 0) is 9.59 Å². The summed E-state index contributed by atoms with van der Waals surface area (Å²) in [7, 11) is 0. The molecular formula is C21H25NO4. The predicted molar refractivity (Wildman–Crippen MR) is 102 cm³/mol. The van der Waals surface area contributed by atoms with E-state index in [2.05, 4.69) is 5.32 Å². The van der Waals surface area contributed by atoms with Crippen LogP contribution in [0.4, 0.5) is 5.69 Å². The molecule has 0 spiro atoms. The Morgan fingerprint density at radius 1 is 0.962 bits per heavy atom. The summed E-state index contributed by atoms with van der Waals surface area (Å²) in [6.45, 7) is 9.18. The van der Waals surface area contributed by atoms with Crippen molar-refractivity contribution in [3.63, 3.8) is 0 Å². The SMILES string of the molecule is Cc1cc(C)cc(OC(=O)COc2cccc(NC(=O)C(C)(C)C)c2)c1. The van der Waals surface area contributed by atoms with Gasteiger partial charge in [-0.1, -0.05) is 32.9 Å². The van der Waals surface area contributed by atoms with Crippen LogP contribution in [0.1, 0.15) is 31.9 Å². The van der Waals surface area contributed by atoms with E-state index >= 15 is 0 Å². The fourth-order valence-corrected chi connectivity index (χ4v) is 2.28. The second-order valence-electron chi connectivity index (χ2n) is 7.32. The fraction of sp³-hybridized carbons (Fsp3) is 0.333. The average molecular weight is 355 g/mol. The molecule has 5 nitrogen and oxygen atoms in total. The molecule has 0 heterocycles. The van der Waals surface area contributed by atoms with Gasteiger partial charge in [0.05, 0.1) is 0 Å². The number of hydrogen-bond donors (Lipinski definition) is 1. The van der Waals surface area contributed by atoms with Crippen molar-refractivity contribution < 1.29 is 19.1 Å². The molecule has 26 heavy (non-hydrogen) atoms. The van der Waals surface area contributed by atoms with E-state index in [1.165, 1.54) is 0 Å². The Morgan fingerprint density at radius 2 is 1.62 bits per heavy atom. The first kappa shape index (κ1) is 19.5. The molecule has 0 saturated heterocycles. The minimum absolute atomic E-state index is 0.0936. The molecule has 0 aromatic heterocycles. The average Bonchev–Trinajstić information content (AvgIpc) is 2.51. The maximum Gasteiger partial charge on any atom is 0.349 e. The second-order valence-corrected chi connectivity index (χ2v) is 7.32. The van der Waals surface area contributed by atoms with Crippen molar-refractivity contribution in [1.29, 1.82) is 0 Å². The molecule has 1 amide bonds. The van der Waals surface area contributed by atoms with E-state index in [-0.39, 0.29) is 12.5 Å². The Morgan fingerprint density at radius 3 is 2.23 bits per heavy atom. The molecule has 0 atom stereocenters. The van der Waals surface area contributed by atoms with E-state index in [1.807, 2.05) is 40.7 Å². The largest absolute Gasteiger partial charge is 0.482 e. The van der Waals surface area contributed by atoms with E-state index in [9.17, 15) is 9.59 Å². The summed E-state index contributed by atoms with van der Waals surface area (Å²) in [4.78, 5) is 24.0. The topological polar surface area (TPSA) is 64.6 Å². The maximum absolute atomic E-state index is 12.0. The minimum Gasteiger partial charge on any atom is -0.482 e. The van der Waals surface area contributed by atoms with E-state index < -0.39 is 11.4 Å². The van der Waals surface area contributed by atoms with Crippen molar-refractivity contribution in [3.8, 4) is 11.5 Å². The zero-order valence-corrected chi connectivity index (χ0v) is 15.9. The molecule has 0 bridgehead atoms. The van der Waals surface area contributed by atoms with Crippen LogP contribution in [0.25, 0.3) is 0 Å². The first-order valence-electron chi connectivity index (χ1n) is 8.47. The highest BCUT2D eigenvalue weighted by Crippen LogP contribution is 2.21. The van der Waals surface area contributed by atoms with E-state index in [1.54, 1.807) is 36.4 Å². The van der Waals surface area contributed by atoms with Gasteiger partial charge in [-0.25, -0.2) is 4.79 Å². The lowest BCUT2D eigenvalue weighted by Gasteiger charge is -2.18. The number of hydrogen-bond acceptors (Lipinski definition) is 4. The standard InChI is InChI=1S/C21H25NO4/c1-14-9-15(2)11-18(10-14)26-19(23)13-25-17-8-6-7-16(12-17)22-20(24)21(3,4)5/h6-12H,13H2,1-5H3,(H,22,24). The number of aryl methyl sites for hydroxylation is 2. The van der Waals surface area contributed by atoms with Gasteiger partial charge in [-0.15, -0.1) is 0 Å². The van der Waals surface area contributed by atoms with Crippen LogP contribution >= 0.6 is 0 Å². The Kier molecular flexibility index (Phi) is 6.03. The fourth-order valence-electron chi connectivity index (χ4n) is 2.28. The molecule has 2 aromatic rings. The molecule has 0 aliphatic carbocycles. The monoisotopic (exact) mass is 355 g/mol. The molecule has 1 N–H and O–H groups in total. The highest BCUT2D eigenvalue weighted by atomic mass is 16.6. The quantitative estimate of drug-likeness (QED) is 0.642. The van der Waals surface area contributed by atoms with Crippen LogP contribution in [0, 0.1) is 19.3 Å².